The molecule has 8 heteroatoms. The van der Waals surface area contributed by atoms with Crippen LogP contribution in [0.25, 0.3) is 0 Å². The molecule has 0 bridgehead atoms. The van der Waals surface area contributed by atoms with Gasteiger partial charge < -0.3 is 5.32 Å². The van der Waals surface area contributed by atoms with Gasteiger partial charge in [0.15, 0.2) is 5.82 Å². The molecule has 0 spiro atoms. The van der Waals surface area contributed by atoms with Gasteiger partial charge in [0.05, 0.1) is 4.90 Å². The standard InChI is InChI=1S/C10H13N5O2S/c1-11-10-7-8(3-5-12-10)18(16,17)14-9-4-6-15(2)13-9/h3-7H,1-2H3,(H,11,12)(H,13,14). The van der Waals surface area contributed by atoms with E-state index in [0.717, 1.165) is 0 Å². The van der Waals surface area contributed by atoms with Gasteiger partial charge in [-0.05, 0) is 6.07 Å². The van der Waals surface area contributed by atoms with E-state index >= 15 is 0 Å². The number of hydrogen-bond donors (Lipinski definition) is 2. The fourth-order valence-corrected chi connectivity index (χ4v) is 2.39. The Morgan fingerprint density at radius 3 is 2.67 bits per heavy atom. The lowest BCUT2D eigenvalue weighted by molar-refractivity contribution is 0.600. The summed E-state index contributed by atoms with van der Waals surface area (Å²) in [5.41, 5.74) is 0. The van der Waals surface area contributed by atoms with Gasteiger partial charge in [0.25, 0.3) is 10.0 Å². The van der Waals surface area contributed by atoms with Crippen LogP contribution in [0.15, 0.2) is 35.5 Å². The predicted molar refractivity (Wildman–Crippen MR) is 67.8 cm³/mol. The van der Waals surface area contributed by atoms with Crippen molar-refractivity contribution in [1.82, 2.24) is 14.8 Å². The molecule has 0 unspecified atom stereocenters. The Balaban J connectivity index is 2.30. The number of anilines is 2. The number of nitrogens with one attached hydrogen (secondary N) is 2. The smallest absolute Gasteiger partial charge is 0.263 e. The van der Waals surface area contributed by atoms with Crippen LogP contribution in [0.3, 0.4) is 0 Å². The highest BCUT2D eigenvalue weighted by atomic mass is 32.2. The molecule has 18 heavy (non-hydrogen) atoms. The van der Waals surface area contributed by atoms with Crippen molar-refractivity contribution in [3.05, 3.63) is 30.6 Å². The van der Waals surface area contributed by atoms with Crippen LogP contribution in [-0.2, 0) is 17.1 Å². The van der Waals surface area contributed by atoms with Gasteiger partial charge in [-0.2, -0.15) is 5.10 Å². The summed E-state index contributed by atoms with van der Waals surface area (Å²) >= 11 is 0. The third-order valence-electron chi connectivity index (χ3n) is 2.25. The Morgan fingerprint density at radius 2 is 2.06 bits per heavy atom. The minimum Gasteiger partial charge on any atom is -0.373 e. The number of nitrogens with zero attached hydrogens (tertiary/aromatic N) is 3. The van der Waals surface area contributed by atoms with Crippen molar-refractivity contribution in [1.29, 1.82) is 0 Å². The van der Waals surface area contributed by atoms with Gasteiger partial charge in [0.2, 0.25) is 0 Å². The molecule has 0 saturated carbocycles. The minimum absolute atomic E-state index is 0.132. The number of pyridine rings is 1. The summed E-state index contributed by atoms with van der Waals surface area (Å²) in [5.74, 6) is 0.763. The summed E-state index contributed by atoms with van der Waals surface area (Å²) < 4.78 is 28.0. The van der Waals surface area contributed by atoms with Crippen molar-refractivity contribution in [3.8, 4) is 0 Å². The van der Waals surface area contributed by atoms with Gasteiger partial charge in [-0.3, -0.25) is 9.40 Å². The van der Waals surface area contributed by atoms with E-state index in [9.17, 15) is 8.42 Å². The van der Waals surface area contributed by atoms with Crippen LogP contribution in [0.1, 0.15) is 0 Å². The molecule has 0 aliphatic heterocycles. The van der Waals surface area contributed by atoms with Crippen molar-refractivity contribution in [3.63, 3.8) is 0 Å². The molecule has 0 aliphatic rings. The minimum atomic E-state index is -3.64. The lowest BCUT2D eigenvalue weighted by Gasteiger charge is -2.06. The number of hydrogen-bond acceptors (Lipinski definition) is 5. The molecule has 2 heterocycles. The zero-order chi connectivity index (χ0) is 13.2. The van der Waals surface area contributed by atoms with Gasteiger partial charge >= 0.3 is 0 Å². The number of aryl methyl sites for hydroxylation is 1. The van der Waals surface area contributed by atoms with Crippen molar-refractivity contribution < 1.29 is 8.42 Å². The molecular weight excluding hydrogens is 254 g/mol. The summed E-state index contributed by atoms with van der Waals surface area (Å²) in [7, 11) is -0.255. The summed E-state index contributed by atoms with van der Waals surface area (Å²) in [6.07, 6.45) is 3.09. The van der Waals surface area contributed by atoms with Gasteiger partial charge in [-0.1, -0.05) is 0 Å². The highest BCUT2D eigenvalue weighted by Crippen LogP contribution is 2.16. The molecule has 2 N–H and O–H groups in total. The highest BCUT2D eigenvalue weighted by Gasteiger charge is 2.15. The Hall–Kier alpha value is -2.09. The monoisotopic (exact) mass is 267 g/mol. The normalized spacial score (nSPS) is 11.2. The van der Waals surface area contributed by atoms with Crippen LogP contribution in [0, 0.1) is 0 Å². The van der Waals surface area contributed by atoms with E-state index in [1.54, 1.807) is 26.4 Å². The second kappa shape index (κ2) is 4.65. The molecule has 7 nitrogen and oxygen atoms in total. The van der Waals surface area contributed by atoms with E-state index < -0.39 is 10.0 Å². The average Bonchev–Trinajstić information content (AvgIpc) is 2.74. The summed E-state index contributed by atoms with van der Waals surface area (Å²) in [6, 6.07) is 4.45. The number of aromatic nitrogens is 3. The Labute approximate surface area is 105 Å². The SMILES string of the molecule is CNc1cc(S(=O)(=O)Nc2ccn(C)n2)ccn1. The zero-order valence-corrected chi connectivity index (χ0v) is 10.8. The van der Waals surface area contributed by atoms with Crippen LogP contribution < -0.4 is 10.0 Å². The number of rotatable bonds is 4. The summed E-state index contributed by atoms with van der Waals surface area (Å²) in [6.45, 7) is 0. The van der Waals surface area contributed by atoms with Gasteiger partial charge in [-0.25, -0.2) is 13.4 Å². The first kappa shape index (κ1) is 12.4. The zero-order valence-electron chi connectivity index (χ0n) is 9.95. The van der Waals surface area contributed by atoms with Crippen molar-refractivity contribution in [2.45, 2.75) is 4.90 Å². The maximum absolute atomic E-state index is 12.1. The molecule has 0 aromatic carbocycles. The fourth-order valence-electron chi connectivity index (χ4n) is 1.38. The van der Waals surface area contributed by atoms with Crippen LogP contribution in [0.2, 0.25) is 0 Å². The molecule has 2 aromatic rings. The molecule has 0 aliphatic carbocycles. The molecule has 0 fully saturated rings. The highest BCUT2D eigenvalue weighted by molar-refractivity contribution is 7.92. The molecule has 0 radical (unpaired) electrons. The molecule has 0 saturated heterocycles. The third kappa shape index (κ3) is 2.59. The van der Waals surface area contributed by atoms with E-state index in [1.807, 2.05) is 0 Å². The summed E-state index contributed by atoms with van der Waals surface area (Å²) in [4.78, 5) is 4.09. The molecule has 2 aromatic heterocycles. The van der Waals surface area contributed by atoms with Gasteiger partial charge in [-0.15, -0.1) is 0 Å². The largest absolute Gasteiger partial charge is 0.373 e. The maximum atomic E-state index is 12.1. The Bertz CT molecular complexity index is 650. The Kier molecular flexibility index (Phi) is 3.19. The van der Waals surface area contributed by atoms with Crippen molar-refractivity contribution in [2.75, 3.05) is 17.1 Å². The maximum Gasteiger partial charge on any atom is 0.263 e. The van der Waals surface area contributed by atoms with Crippen LogP contribution in [0.5, 0.6) is 0 Å². The first-order valence-corrected chi connectivity index (χ1v) is 6.66. The molecule has 0 atom stereocenters. The lowest BCUT2D eigenvalue weighted by atomic mass is 10.5. The quantitative estimate of drug-likeness (QED) is 0.849. The topological polar surface area (TPSA) is 88.9 Å². The molecule has 2 rings (SSSR count). The van der Waals surface area contributed by atoms with E-state index in [-0.39, 0.29) is 10.7 Å². The fraction of sp³-hybridized carbons (Fsp3) is 0.200. The van der Waals surface area contributed by atoms with E-state index in [4.69, 9.17) is 0 Å². The van der Waals surface area contributed by atoms with Crippen LogP contribution in [-0.4, -0.2) is 30.2 Å². The van der Waals surface area contributed by atoms with Gasteiger partial charge in [0, 0.05) is 38.6 Å². The second-order valence-corrected chi connectivity index (χ2v) is 5.29. The first-order valence-electron chi connectivity index (χ1n) is 5.17. The average molecular weight is 267 g/mol. The lowest BCUT2D eigenvalue weighted by Crippen LogP contribution is -2.14. The predicted octanol–water partition coefficient (Wildman–Crippen LogP) is 0.658. The Morgan fingerprint density at radius 1 is 1.28 bits per heavy atom. The molecule has 96 valence electrons. The van der Waals surface area contributed by atoms with Crippen molar-refractivity contribution in [2.24, 2.45) is 7.05 Å². The molecular formula is C10H13N5O2S. The first-order chi connectivity index (χ1) is 8.51. The van der Waals surface area contributed by atoms with Crippen LogP contribution >= 0.6 is 0 Å². The number of sulfonamides is 1. The molecule has 0 amide bonds. The van der Waals surface area contributed by atoms with E-state index in [0.29, 0.717) is 5.82 Å². The van der Waals surface area contributed by atoms with Gasteiger partial charge in [0.1, 0.15) is 5.82 Å². The van der Waals surface area contributed by atoms with E-state index in [1.165, 1.54) is 23.0 Å². The second-order valence-electron chi connectivity index (χ2n) is 3.61. The van der Waals surface area contributed by atoms with Crippen LogP contribution in [0.4, 0.5) is 11.6 Å². The summed E-state index contributed by atoms with van der Waals surface area (Å²) in [5, 5.41) is 6.74. The third-order valence-corrected chi connectivity index (χ3v) is 3.60. The van der Waals surface area contributed by atoms with E-state index in [2.05, 4.69) is 20.1 Å². The van der Waals surface area contributed by atoms with Crippen molar-refractivity contribution >= 4 is 21.7 Å².